The summed E-state index contributed by atoms with van der Waals surface area (Å²) >= 11 is 0. The van der Waals surface area contributed by atoms with Crippen LogP contribution < -0.4 is 10.6 Å². The molecule has 1 saturated carbocycles. The Morgan fingerprint density at radius 3 is 2.28 bits per heavy atom. The molecule has 0 bridgehead atoms. The number of rotatable bonds is 3. The van der Waals surface area contributed by atoms with Gasteiger partial charge in [-0.25, -0.2) is 4.79 Å². The van der Waals surface area contributed by atoms with Gasteiger partial charge in [0.1, 0.15) is 0 Å². The molecule has 3 N–H and O–H groups in total. The number of imide groups is 1. The fourth-order valence-electron chi connectivity index (χ4n) is 2.44. The summed E-state index contributed by atoms with van der Waals surface area (Å²) in [6.07, 6.45) is 8.06. The second kappa shape index (κ2) is 8.08. The highest BCUT2D eigenvalue weighted by molar-refractivity contribution is 5.93. The van der Waals surface area contributed by atoms with Gasteiger partial charge in [0.25, 0.3) is 5.91 Å². The second-order valence-electron chi connectivity index (χ2n) is 5.07. The maximum atomic E-state index is 11.7. The minimum Gasteiger partial charge on any atom is -0.453 e. The number of ether oxygens (including phenoxy) is 1. The highest BCUT2D eigenvalue weighted by atomic mass is 16.5. The Kier molecular flexibility index (Phi) is 6.72. The summed E-state index contributed by atoms with van der Waals surface area (Å²) in [6, 6.07) is 0.261. The predicted octanol–water partition coefficient (Wildman–Crippen LogP) is 0.934. The van der Waals surface area contributed by atoms with E-state index in [4.69, 9.17) is 0 Å². The van der Waals surface area contributed by atoms with Crippen molar-refractivity contribution < 1.29 is 19.6 Å². The van der Waals surface area contributed by atoms with E-state index < -0.39 is 6.09 Å². The molecule has 18 heavy (non-hydrogen) atoms. The van der Waals surface area contributed by atoms with Crippen LogP contribution in [0.3, 0.4) is 0 Å². The smallest absolute Gasteiger partial charge is 0.413 e. The van der Waals surface area contributed by atoms with Crippen molar-refractivity contribution in [2.24, 2.45) is 0 Å². The van der Waals surface area contributed by atoms with E-state index in [0.29, 0.717) is 6.04 Å². The van der Waals surface area contributed by atoms with Crippen molar-refractivity contribution >= 4 is 12.0 Å². The van der Waals surface area contributed by atoms with Crippen LogP contribution in [-0.4, -0.2) is 31.2 Å². The predicted molar refractivity (Wildman–Crippen MR) is 68.0 cm³/mol. The van der Waals surface area contributed by atoms with E-state index in [2.05, 4.69) is 15.4 Å². The first kappa shape index (κ1) is 15.0. The second-order valence-corrected chi connectivity index (χ2v) is 5.07. The highest BCUT2D eigenvalue weighted by Gasteiger charge is 2.23. The molecular weight excluding hydrogens is 232 g/mol. The maximum Gasteiger partial charge on any atom is 0.413 e. The Morgan fingerprint density at radius 1 is 1.17 bits per heavy atom. The van der Waals surface area contributed by atoms with Gasteiger partial charge in [-0.05, 0) is 32.6 Å². The zero-order valence-electron chi connectivity index (χ0n) is 11.4. The van der Waals surface area contributed by atoms with Gasteiger partial charge in [0, 0.05) is 0 Å². The van der Waals surface area contributed by atoms with Crippen LogP contribution in [0.15, 0.2) is 0 Å². The number of methoxy groups -OCH3 is 1. The molecule has 1 rings (SSSR count). The summed E-state index contributed by atoms with van der Waals surface area (Å²) in [7, 11) is 1.26. The monoisotopic (exact) mass is 257 g/mol. The molecule has 1 atom stereocenters. The Hall–Kier alpha value is -1.10. The number of nitrogens with one attached hydrogen (secondary N) is 1. The normalized spacial score (nSPS) is 19.4. The van der Waals surface area contributed by atoms with Gasteiger partial charge in [-0.15, -0.1) is 0 Å². The first-order valence-electron chi connectivity index (χ1n) is 6.87. The van der Waals surface area contributed by atoms with Gasteiger partial charge in [0.2, 0.25) is 0 Å². The molecule has 1 aliphatic rings. The lowest BCUT2D eigenvalue weighted by molar-refractivity contribution is -0.708. The molecule has 0 saturated heterocycles. The lowest BCUT2D eigenvalue weighted by Crippen LogP contribution is -2.96. The third-order valence-corrected chi connectivity index (χ3v) is 3.53. The van der Waals surface area contributed by atoms with E-state index in [0.717, 1.165) is 12.8 Å². The van der Waals surface area contributed by atoms with Crippen LogP contribution in [0, 0.1) is 0 Å². The van der Waals surface area contributed by atoms with Gasteiger partial charge >= 0.3 is 6.09 Å². The molecule has 0 aromatic carbocycles. The SMILES string of the molecule is COC(=O)NC(=O)[C@H](C)[NH2+]C1CCCCCCC1. The molecule has 0 spiro atoms. The molecule has 0 aromatic rings. The minimum absolute atomic E-state index is 0.242. The zero-order chi connectivity index (χ0) is 13.4. The van der Waals surface area contributed by atoms with Crippen LogP contribution in [-0.2, 0) is 9.53 Å². The Morgan fingerprint density at radius 2 is 1.72 bits per heavy atom. The van der Waals surface area contributed by atoms with Crippen molar-refractivity contribution in [3.05, 3.63) is 0 Å². The van der Waals surface area contributed by atoms with E-state index in [9.17, 15) is 9.59 Å². The average molecular weight is 257 g/mol. The summed E-state index contributed by atoms with van der Waals surface area (Å²) < 4.78 is 4.41. The summed E-state index contributed by atoms with van der Waals surface area (Å²) in [5, 5.41) is 4.30. The van der Waals surface area contributed by atoms with Gasteiger partial charge in [0.15, 0.2) is 6.04 Å². The Bertz CT molecular complexity index is 273. The van der Waals surface area contributed by atoms with Crippen LogP contribution in [0.2, 0.25) is 0 Å². The molecular formula is C13H25N2O3+. The van der Waals surface area contributed by atoms with E-state index in [1.165, 1.54) is 39.2 Å². The molecule has 5 heteroatoms. The zero-order valence-corrected chi connectivity index (χ0v) is 11.4. The van der Waals surface area contributed by atoms with Crippen molar-refractivity contribution in [1.29, 1.82) is 0 Å². The fraction of sp³-hybridized carbons (Fsp3) is 0.846. The molecule has 0 heterocycles. The van der Waals surface area contributed by atoms with Crippen molar-refractivity contribution in [2.75, 3.05) is 7.11 Å². The van der Waals surface area contributed by atoms with Crippen LogP contribution in [0.25, 0.3) is 0 Å². The molecule has 0 aromatic heterocycles. The molecule has 0 radical (unpaired) electrons. The largest absolute Gasteiger partial charge is 0.453 e. The van der Waals surface area contributed by atoms with E-state index in [1.807, 2.05) is 6.92 Å². The van der Waals surface area contributed by atoms with Crippen molar-refractivity contribution in [3.8, 4) is 0 Å². The van der Waals surface area contributed by atoms with Crippen LogP contribution in [0.1, 0.15) is 51.9 Å². The highest BCUT2D eigenvalue weighted by Crippen LogP contribution is 2.15. The summed E-state index contributed by atoms with van der Waals surface area (Å²) in [5.41, 5.74) is 0. The summed E-state index contributed by atoms with van der Waals surface area (Å²) in [5.74, 6) is -0.274. The summed E-state index contributed by atoms with van der Waals surface area (Å²) in [6.45, 7) is 1.83. The topological polar surface area (TPSA) is 72.0 Å². The first-order valence-corrected chi connectivity index (χ1v) is 6.87. The third kappa shape index (κ3) is 5.49. The average Bonchev–Trinajstić information content (AvgIpc) is 2.31. The van der Waals surface area contributed by atoms with Gasteiger partial charge in [-0.1, -0.05) is 19.3 Å². The van der Waals surface area contributed by atoms with Crippen molar-refractivity contribution in [3.63, 3.8) is 0 Å². The lowest BCUT2D eigenvalue weighted by atomic mass is 9.96. The number of alkyl carbamates (subject to hydrolysis) is 1. The van der Waals surface area contributed by atoms with Gasteiger partial charge in [0.05, 0.1) is 13.2 Å². The Balaban J connectivity index is 2.34. The molecule has 5 nitrogen and oxygen atoms in total. The number of hydrogen-bond acceptors (Lipinski definition) is 3. The first-order chi connectivity index (χ1) is 8.63. The lowest BCUT2D eigenvalue weighted by Gasteiger charge is -2.21. The molecule has 0 unspecified atom stereocenters. The number of quaternary nitrogens is 1. The van der Waals surface area contributed by atoms with Crippen molar-refractivity contribution in [1.82, 2.24) is 5.32 Å². The third-order valence-electron chi connectivity index (χ3n) is 3.53. The standard InChI is InChI=1S/C13H24N2O3/c1-10(12(16)15-13(17)18-2)14-11-8-6-4-3-5-7-9-11/h10-11,14H,3-9H2,1-2H3,(H,15,16,17)/p+1/t10-/m0/s1. The van der Waals surface area contributed by atoms with Gasteiger partial charge < -0.3 is 10.1 Å². The summed E-state index contributed by atoms with van der Waals surface area (Å²) in [4.78, 5) is 22.6. The van der Waals surface area contributed by atoms with E-state index in [-0.39, 0.29) is 11.9 Å². The molecule has 0 aliphatic heterocycles. The number of amides is 2. The van der Waals surface area contributed by atoms with Crippen LogP contribution in [0.5, 0.6) is 0 Å². The van der Waals surface area contributed by atoms with Crippen molar-refractivity contribution in [2.45, 2.75) is 64.0 Å². The van der Waals surface area contributed by atoms with Crippen LogP contribution >= 0.6 is 0 Å². The van der Waals surface area contributed by atoms with E-state index >= 15 is 0 Å². The number of hydrogen-bond donors (Lipinski definition) is 2. The molecule has 2 amide bonds. The van der Waals surface area contributed by atoms with Gasteiger partial charge in [-0.3, -0.25) is 10.1 Å². The van der Waals surface area contributed by atoms with Crippen LogP contribution in [0.4, 0.5) is 4.79 Å². The molecule has 104 valence electrons. The van der Waals surface area contributed by atoms with Gasteiger partial charge in [-0.2, -0.15) is 0 Å². The maximum absolute atomic E-state index is 11.7. The Labute approximate surface area is 109 Å². The fourth-order valence-corrected chi connectivity index (χ4v) is 2.44. The minimum atomic E-state index is -0.682. The molecule has 1 fully saturated rings. The molecule has 1 aliphatic carbocycles. The number of carbonyl (C=O) groups excluding carboxylic acids is 2. The quantitative estimate of drug-likeness (QED) is 0.790. The van der Waals surface area contributed by atoms with E-state index in [1.54, 1.807) is 0 Å². The number of nitrogens with two attached hydrogens (primary N) is 1. The number of carbonyl (C=O) groups is 2.